The molecule has 2 N–H and O–H groups in total. The van der Waals surface area contributed by atoms with E-state index in [1.54, 1.807) is 13.2 Å². The standard InChI is InChI=1S/C39H63NO9.C2H6/c1-9-45-18-19-46-20-21-47-22-23-48-34(42)49-30-13-10-27(2)32(33(30)41)38-16-17-40(25-29-11-12-29)28(3)37(38)14-15-39(26-38,44-8)31(24-37)36(7,43)35(4,5)6;1-2/h10,13,28-29,31,41,43H,9,11-12,14-26H2,1-8H3;1-2H3/t28?,31?,36?,37-,38?,39+;/m1./s1. The second-order valence-electron chi connectivity index (χ2n) is 16.4. The van der Waals surface area contributed by atoms with Crippen LogP contribution in [0.1, 0.15) is 111 Å². The lowest BCUT2D eigenvalue weighted by Crippen LogP contribution is -2.76. The van der Waals surface area contributed by atoms with Gasteiger partial charge in [-0.2, -0.15) is 0 Å². The summed E-state index contributed by atoms with van der Waals surface area (Å²) in [7, 11) is 1.80. The van der Waals surface area contributed by atoms with Gasteiger partial charge in [0.1, 0.15) is 6.61 Å². The molecule has 1 heterocycles. The molecule has 2 bridgehead atoms. The summed E-state index contributed by atoms with van der Waals surface area (Å²) in [5, 5.41) is 24.4. The van der Waals surface area contributed by atoms with E-state index >= 15 is 0 Å². The molecule has 1 aromatic carbocycles. The average molecular weight is 720 g/mol. The van der Waals surface area contributed by atoms with Crippen molar-refractivity contribution >= 4 is 6.16 Å². The lowest BCUT2D eigenvalue weighted by Gasteiger charge is -2.74. The van der Waals surface area contributed by atoms with Crippen LogP contribution in [0.15, 0.2) is 12.1 Å². The molecule has 6 rings (SSSR count). The van der Waals surface area contributed by atoms with Gasteiger partial charge in [-0.15, -0.1) is 0 Å². The van der Waals surface area contributed by atoms with E-state index in [4.69, 9.17) is 28.4 Å². The van der Waals surface area contributed by atoms with Crippen molar-refractivity contribution in [2.24, 2.45) is 22.7 Å². The Morgan fingerprint density at radius 3 is 2.18 bits per heavy atom. The van der Waals surface area contributed by atoms with Crippen molar-refractivity contribution in [3.8, 4) is 11.5 Å². The highest BCUT2D eigenvalue weighted by atomic mass is 16.7. The molecule has 4 aliphatic carbocycles. The van der Waals surface area contributed by atoms with Crippen LogP contribution in [0.2, 0.25) is 0 Å². The molecule has 5 fully saturated rings. The van der Waals surface area contributed by atoms with Crippen LogP contribution in [-0.2, 0) is 29.1 Å². The smallest absolute Gasteiger partial charge is 0.504 e. The predicted octanol–water partition coefficient (Wildman–Crippen LogP) is 7.43. The molecule has 10 nitrogen and oxygen atoms in total. The number of aromatic hydroxyl groups is 1. The van der Waals surface area contributed by atoms with Gasteiger partial charge in [0.25, 0.3) is 0 Å². The van der Waals surface area contributed by atoms with Gasteiger partial charge in [0.15, 0.2) is 11.5 Å². The third kappa shape index (κ3) is 8.26. The topological polar surface area (TPSA) is 116 Å². The van der Waals surface area contributed by atoms with Crippen LogP contribution in [0, 0.1) is 29.6 Å². The van der Waals surface area contributed by atoms with E-state index in [0.29, 0.717) is 39.5 Å². The van der Waals surface area contributed by atoms with Gasteiger partial charge < -0.3 is 38.6 Å². The van der Waals surface area contributed by atoms with Crippen molar-refractivity contribution in [2.75, 3.05) is 66.4 Å². The molecule has 1 aliphatic heterocycles. The number of methoxy groups -OCH3 is 1. The quantitative estimate of drug-likeness (QED) is 0.102. The minimum atomic E-state index is -0.979. The van der Waals surface area contributed by atoms with Crippen molar-refractivity contribution in [1.29, 1.82) is 0 Å². The fourth-order valence-electron chi connectivity index (χ4n) is 9.73. The number of ether oxygens (including phenoxy) is 6. The van der Waals surface area contributed by atoms with Gasteiger partial charge >= 0.3 is 6.16 Å². The maximum Gasteiger partial charge on any atom is 0.514 e. The number of carbonyl (C=O) groups is 1. The molecular weight excluding hydrogens is 650 g/mol. The van der Waals surface area contributed by atoms with E-state index in [-0.39, 0.29) is 47.5 Å². The van der Waals surface area contributed by atoms with E-state index in [9.17, 15) is 15.0 Å². The van der Waals surface area contributed by atoms with Gasteiger partial charge in [0.2, 0.25) is 0 Å². The molecule has 0 amide bonds. The first-order chi connectivity index (χ1) is 24.2. The number of rotatable bonds is 16. The highest BCUT2D eigenvalue weighted by Crippen LogP contribution is 2.73. The number of benzene rings is 1. The molecule has 1 aromatic rings. The van der Waals surface area contributed by atoms with Crippen LogP contribution in [0.25, 0.3) is 0 Å². The third-order valence-corrected chi connectivity index (χ3v) is 13.1. The Hall–Kier alpha value is -1.95. The molecule has 5 aliphatic rings. The largest absolute Gasteiger partial charge is 0.514 e. The van der Waals surface area contributed by atoms with Crippen molar-refractivity contribution in [2.45, 2.75) is 130 Å². The van der Waals surface area contributed by atoms with Crippen LogP contribution >= 0.6 is 0 Å². The number of nitrogens with zero attached hydrogens (tertiary/aromatic N) is 1. The number of phenols is 1. The summed E-state index contributed by atoms with van der Waals surface area (Å²) in [5.41, 5.74) is -0.769. The Labute approximate surface area is 307 Å². The minimum Gasteiger partial charge on any atom is -0.504 e. The number of hydrogen-bond acceptors (Lipinski definition) is 10. The lowest BCUT2D eigenvalue weighted by molar-refractivity contribution is -0.278. The Balaban J connectivity index is 0.00000286. The molecular formula is C41H69NO9. The van der Waals surface area contributed by atoms with Gasteiger partial charge in [0.05, 0.1) is 44.2 Å². The first kappa shape index (κ1) is 41.8. The van der Waals surface area contributed by atoms with Gasteiger partial charge in [-0.1, -0.05) is 40.7 Å². The van der Waals surface area contributed by atoms with Gasteiger partial charge in [-0.05, 0) is 108 Å². The van der Waals surface area contributed by atoms with E-state index < -0.39 is 22.8 Å². The molecule has 1 saturated heterocycles. The lowest BCUT2D eigenvalue weighted by atomic mass is 9.35. The third-order valence-electron chi connectivity index (χ3n) is 13.1. The fourth-order valence-corrected chi connectivity index (χ4v) is 9.73. The molecule has 4 unspecified atom stereocenters. The van der Waals surface area contributed by atoms with Crippen LogP contribution in [0.4, 0.5) is 4.79 Å². The molecule has 0 aromatic heterocycles. The number of aryl methyl sites for hydroxylation is 1. The highest BCUT2D eigenvalue weighted by Gasteiger charge is 2.73. The van der Waals surface area contributed by atoms with E-state index in [0.717, 1.165) is 55.8 Å². The normalized spacial score (nSPS) is 30.2. The number of likely N-dealkylation sites (tertiary alicyclic amines) is 1. The number of carbonyl (C=O) groups excluding carboxylic acids is 1. The summed E-state index contributed by atoms with van der Waals surface area (Å²) in [6.45, 7) is 23.5. The first-order valence-corrected chi connectivity index (χ1v) is 19.6. The molecule has 292 valence electrons. The summed E-state index contributed by atoms with van der Waals surface area (Å²) in [4.78, 5) is 15.5. The van der Waals surface area contributed by atoms with Gasteiger partial charge in [-0.25, -0.2) is 4.79 Å². The SMILES string of the molecule is CC.CCOCCOCCOCCOC(=O)Oc1ccc(C)c(C23CCN(CC4CC4)C(C)[C@]24CC[C@](OC)(C3)C(C(C)(O)C(C)(C)C)C4)c1O. The van der Waals surface area contributed by atoms with Crippen LogP contribution in [-0.4, -0.2) is 105 Å². The highest BCUT2D eigenvalue weighted by molar-refractivity contribution is 5.67. The number of fused-ring (bicyclic) bond motifs is 2. The Bertz CT molecular complexity index is 1290. The van der Waals surface area contributed by atoms with Gasteiger partial charge in [-0.3, -0.25) is 4.90 Å². The molecule has 6 atom stereocenters. The zero-order chi connectivity index (χ0) is 37.7. The molecule has 0 radical (unpaired) electrons. The summed E-state index contributed by atoms with van der Waals surface area (Å²) < 4.78 is 33.7. The number of aliphatic hydroxyl groups is 1. The average Bonchev–Trinajstić information content (AvgIpc) is 3.93. The van der Waals surface area contributed by atoms with Crippen LogP contribution in [0.3, 0.4) is 0 Å². The van der Waals surface area contributed by atoms with Gasteiger partial charge in [0, 0.05) is 43.2 Å². The summed E-state index contributed by atoms with van der Waals surface area (Å²) in [6, 6.07) is 3.83. The number of hydrogen-bond donors (Lipinski definition) is 2. The summed E-state index contributed by atoms with van der Waals surface area (Å²) in [6.07, 6.45) is 5.81. The molecule has 10 heteroatoms. The first-order valence-electron chi connectivity index (χ1n) is 19.6. The minimum absolute atomic E-state index is 0.00226. The summed E-state index contributed by atoms with van der Waals surface area (Å²) in [5.74, 6) is 0.763. The zero-order valence-corrected chi connectivity index (χ0v) is 33.4. The van der Waals surface area contributed by atoms with Crippen LogP contribution < -0.4 is 4.74 Å². The number of piperidine rings is 1. The monoisotopic (exact) mass is 719 g/mol. The van der Waals surface area contributed by atoms with Crippen molar-refractivity contribution in [3.63, 3.8) is 0 Å². The maximum atomic E-state index is 12.8. The predicted molar refractivity (Wildman–Crippen MR) is 199 cm³/mol. The molecule has 4 saturated carbocycles. The van der Waals surface area contributed by atoms with Crippen LogP contribution in [0.5, 0.6) is 11.5 Å². The van der Waals surface area contributed by atoms with Crippen molar-refractivity contribution in [3.05, 3.63) is 23.3 Å². The zero-order valence-electron chi connectivity index (χ0n) is 33.4. The molecule has 51 heavy (non-hydrogen) atoms. The maximum absolute atomic E-state index is 12.8. The second-order valence-corrected chi connectivity index (χ2v) is 16.4. The van der Waals surface area contributed by atoms with Crippen molar-refractivity contribution < 1.29 is 43.4 Å². The van der Waals surface area contributed by atoms with E-state index in [2.05, 4.69) is 32.6 Å². The second kappa shape index (κ2) is 17.0. The van der Waals surface area contributed by atoms with E-state index in [1.807, 2.05) is 40.7 Å². The Morgan fingerprint density at radius 2 is 1.59 bits per heavy atom. The van der Waals surface area contributed by atoms with Crippen molar-refractivity contribution in [1.82, 2.24) is 4.90 Å². The Kier molecular flexibility index (Phi) is 14.0. The van der Waals surface area contributed by atoms with E-state index in [1.165, 1.54) is 12.8 Å². The fraction of sp³-hybridized carbons (Fsp3) is 0.829. The Morgan fingerprint density at radius 1 is 0.961 bits per heavy atom. The number of phenolic OH excluding ortho intramolecular Hbond substituents is 1. The summed E-state index contributed by atoms with van der Waals surface area (Å²) >= 11 is 0. The molecule has 1 spiro atoms.